The van der Waals surface area contributed by atoms with E-state index in [1.54, 1.807) is 0 Å². The van der Waals surface area contributed by atoms with Crippen LogP contribution in [0.1, 0.15) is 41.6 Å². The molecule has 0 fully saturated rings. The minimum atomic E-state index is -0.182. The zero-order chi connectivity index (χ0) is 15.0. The van der Waals surface area contributed by atoms with Crippen LogP contribution in [0.3, 0.4) is 0 Å². The topological polar surface area (TPSA) is 55.4 Å². The molecule has 1 amide bonds. The third-order valence-electron chi connectivity index (χ3n) is 3.08. The Morgan fingerprint density at radius 2 is 2.00 bits per heavy atom. The van der Waals surface area contributed by atoms with E-state index in [9.17, 15) is 9.59 Å². The summed E-state index contributed by atoms with van der Waals surface area (Å²) in [6.45, 7) is 2.53. The Hall–Kier alpha value is -1.36. The van der Waals surface area contributed by atoms with Gasteiger partial charge in [-0.25, -0.2) is 0 Å². The fourth-order valence-corrected chi connectivity index (χ4v) is 2.19. The zero-order valence-electron chi connectivity index (χ0n) is 11.9. The molecule has 1 rings (SSSR count). The number of benzene rings is 1. The van der Waals surface area contributed by atoms with Crippen LogP contribution >= 0.6 is 15.9 Å². The molecule has 5 heteroatoms. The summed E-state index contributed by atoms with van der Waals surface area (Å²) in [4.78, 5) is 22.9. The van der Waals surface area contributed by atoms with Crippen molar-refractivity contribution in [3.8, 4) is 0 Å². The number of nitrogens with one attached hydrogen (secondary N) is 1. The van der Waals surface area contributed by atoms with Gasteiger partial charge in [0.25, 0.3) is 5.91 Å². The van der Waals surface area contributed by atoms with Gasteiger partial charge in [0.05, 0.1) is 7.11 Å². The van der Waals surface area contributed by atoms with Gasteiger partial charge < -0.3 is 10.1 Å². The van der Waals surface area contributed by atoms with Crippen LogP contribution in [0.2, 0.25) is 0 Å². The fourth-order valence-electron chi connectivity index (χ4n) is 1.82. The monoisotopic (exact) mass is 341 g/mol. The Bertz CT molecular complexity index is 474. The van der Waals surface area contributed by atoms with Gasteiger partial charge in [-0.3, -0.25) is 9.59 Å². The minimum absolute atomic E-state index is 0.0585. The van der Waals surface area contributed by atoms with Gasteiger partial charge in [-0.1, -0.05) is 28.4 Å². The van der Waals surface area contributed by atoms with E-state index in [-0.39, 0.29) is 11.9 Å². The molecule has 1 N–H and O–H groups in total. The first-order valence-corrected chi connectivity index (χ1v) is 7.45. The van der Waals surface area contributed by atoms with E-state index in [2.05, 4.69) is 26.0 Å². The molecule has 1 aromatic carbocycles. The molecule has 0 heterocycles. The largest absolute Gasteiger partial charge is 0.469 e. The second-order valence-corrected chi connectivity index (χ2v) is 5.41. The highest BCUT2D eigenvalue weighted by molar-refractivity contribution is 9.10. The average molecular weight is 342 g/mol. The number of ether oxygens (including phenoxy) is 1. The summed E-state index contributed by atoms with van der Waals surface area (Å²) in [5.74, 6) is -0.240. The van der Waals surface area contributed by atoms with E-state index in [1.165, 1.54) is 7.11 Å². The molecule has 0 unspecified atom stereocenters. The van der Waals surface area contributed by atoms with Crippen molar-refractivity contribution in [2.45, 2.75) is 32.6 Å². The van der Waals surface area contributed by atoms with Gasteiger partial charge >= 0.3 is 5.97 Å². The lowest BCUT2D eigenvalue weighted by Gasteiger charge is -2.08. The van der Waals surface area contributed by atoms with Crippen molar-refractivity contribution in [3.05, 3.63) is 33.8 Å². The summed E-state index contributed by atoms with van der Waals surface area (Å²) in [7, 11) is 1.39. The van der Waals surface area contributed by atoms with Crippen molar-refractivity contribution in [3.63, 3.8) is 0 Å². The molecule has 110 valence electrons. The molecule has 0 saturated heterocycles. The molecule has 0 aliphatic heterocycles. The maximum absolute atomic E-state index is 12.0. The number of carbonyl (C=O) groups excluding carboxylic acids is 2. The number of hydrogen-bond donors (Lipinski definition) is 1. The van der Waals surface area contributed by atoms with Gasteiger partial charge in [-0.05, 0) is 37.5 Å². The van der Waals surface area contributed by atoms with Gasteiger partial charge in [0, 0.05) is 23.0 Å². The molecular weight excluding hydrogens is 322 g/mol. The first-order valence-electron chi connectivity index (χ1n) is 6.66. The maximum Gasteiger partial charge on any atom is 0.305 e. The average Bonchev–Trinajstić information content (AvgIpc) is 2.44. The van der Waals surface area contributed by atoms with Crippen molar-refractivity contribution in [2.75, 3.05) is 13.7 Å². The van der Waals surface area contributed by atoms with Gasteiger partial charge in [-0.15, -0.1) is 0 Å². The normalized spacial score (nSPS) is 10.2. The lowest BCUT2D eigenvalue weighted by Crippen LogP contribution is -2.25. The quantitative estimate of drug-likeness (QED) is 0.611. The van der Waals surface area contributed by atoms with Crippen LogP contribution in [0.4, 0.5) is 0 Å². The number of hydrogen-bond acceptors (Lipinski definition) is 3. The highest BCUT2D eigenvalue weighted by Gasteiger charge is 2.09. The minimum Gasteiger partial charge on any atom is -0.469 e. The molecule has 4 nitrogen and oxygen atoms in total. The number of carbonyl (C=O) groups is 2. The smallest absolute Gasteiger partial charge is 0.305 e. The summed E-state index contributed by atoms with van der Waals surface area (Å²) in [6, 6.07) is 5.58. The molecule has 0 aromatic heterocycles. The van der Waals surface area contributed by atoms with E-state index in [1.807, 2.05) is 25.1 Å². The molecule has 0 saturated carbocycles. The molecule has 1 aromatic rings. The summed E-state index contributed by atoms with van der Waals surface area (Å²) in [6.07, 6.45) is 2.98. The Morgan fingerprint density at radius 3 is 2.70 bits per heavy atom. The summed E-state index contributed by atoms with van der Waals surface area (Å²) in [5.41, 5.74) is 1.63. The third-order valence-corrected chi connectivity index (χ3v) is 3.94. The van der Waals surface area contributed by atoms with Crippen LogP contribution in [-0.4, -0.2) is 25.5 Å². The molecule has 0 aliphatic carbocycles. The Kier molecular flexibility index (Phi) is 7.30. The first kappa shape index (κ1) is 16.7. The molecule has 0 bridgehead atoms. The van der Waals surface area contributed by atoms with Crippen molar-refractivity contribution in [2.24, 2.45) is 0 Å². The highest BCUT2D eigenvalue weighted by atomic mass is 79.9. The van der Waals surface area contributed by atoms with Crippen LogP contribution in [0, 0.1) is 6.92 Å². The molecule has 0 spiro atoms. The second-order valence-electron chi connectivity index (χ2n) is 4.56. The number of rotatable bonds is 7. The van der Waals surface area contributed by atoms with Gasteiger partial charge in [-0.2, -0.15) is 0 Å². The van der Waals surface area contributed by atoms with Crippen LogP contribution in [0.15, 0.2) is 22.7 Å². The SMILES string of the molecule is COC(=O)CCCCCNC(=O)c1cccc(Br)c1C. The molecule has 0 aliphatic rings. The van der Waals surface area contributed by atoms with Gasteiger partial charge in [0.15, 0.2) is 0 Å². The summed E-state index contributed by atoms with van der Waals surface area (Å²) >= 11 is 3.41. The molecule has 20 heavy (non-hydrogen) atoms. The van der Waals surface area contributed by atoms with E-state index < -0.39 is 0 Å². The molecular formula is C15H20BrNO3. The lowest BCUT2D eigenvalue weighted by atomic mass is 10.1. The highest BCUT2D eigenvalue weighted by Crippen LogP contribution is 2.19. The third kappa shape index (κ3) is 5.33. The Balaban J connectivity index is 2.27. The molecule has 0 atom stereocenters. The van der Waals surface area contributed by atoms with Crippen molar-refractivity contribution < 1.29 is 14.3 Å². The first-order chi connectivity index (χ1) is 9.56. The van der Waals surface area contributed by atoms with Crippen molar-refractivity contribution in [1.29, 1.82) is 0 Å². The predicted molar refractivity (Wildman–Crippen MR) is 81.7 cm³/mol. The number of amides is 1. The van der Waals surface area contributed by atoms with Gasteiger partial charge in [0.2, 0.25) is 0 Å². The van der Waals surface area contributed by atoms with Crippen LogP contribution < -0.4 is 5.32 Å². The standard InChI is InChI=1S/C15H20BrNO3/c1-11-12(7-6-8-13(11)16)15(19)17-10-5-3-4-9-14(18)20-2/h6-8H,3-5,9-10H2,1-2H3,(H,17,19). The Labute approximate surface area is 128 Å². The summed E-state index contributed by atoms with van der Waals surface area (Å²) < 4.78 is 5.50. The molecule has 0 radical (unpaired) electrons. The maximum atomic E-state index is 12.0. The van der Waals surface area contributed by atoms with Gasteiger partial charge in [0.1, 0.15) is 0 Å². The predicted octanol–water partition coefficient (Wildman–Crippen LogP) is 3.22. The van der Waals surface area contributed by atoms with E-state index in [0.717, 1.165) is 29.3 Å². The fraction of sp³-hybridized carbons (Fsp3) is 0.467. The van der Waals surface area contributed by atoms with Crippen LogP contribution in [0.5, 0.6) is 0 Å². The van der Waals surface area contributed by atoms with Crippen molar-refractivity contribution in [1.82, 2.24) is 5.32 Å². The van der Waals surface area contributed by atoms with E-state index in [4.69, 9.17) is 0 Å². The summed E-state index contributed by atoms with van der Waals surface area (Å²) in [5, 5.41) is 2.89. The van der Waals surface area contributed by atoms with E-state index in [0.29, 0.717) is 18.5 Å². The van der Waals surface area contributed by atoms with Crippen LogP contribution in [-0.2, 0) is 9.53 Å². The number of methoxy groups -OCH3 is 1. The zero-order valence-corrected chi connectivity index (χ0v) is 13.5. The van der Waals surface area contributed by atoms with E-state index >= 15 is 0 Å². The lowest BCUT2D eigenvalue weighted by molar-refractivity contribution is -0.140. The number of esters is 1. The van der Waals surface area contributed by atoms with Crippen molar-refractivity contribution >= 4 is 27.8 Å². The number of unbranched alkanes of at least 4 members (excludes halogenated alkanes) is 2. The second kappa shape index (κ2) is 8.74. The number of halogens is 1. The van der Waals surface area contributed by atoms with Crippen LogP contribution in [0.25, 0.3) is 0 Å². The Morgan fingerprint density at radius 1 is 1.25 bits per heavy atom.